The first-order chi connectivity index (χ1) is 12.4. The second-order valence-electron chi connectivity index (χ2n) is 4.95. The molecule has 11 heteroatoms. The number of anilines is 1. The molecule has 0 atom stereocenters. The topological polar surface area (TPSA) is 119 Å². The van der Waals surface area contributed by atoms with E-state index in [-0.39, 0.29) is 27.2 Å². The summed E-state index contributed by atoms with van der Waals surface area (Å²) in [6.45, 7) is 0. The second-order valence-corrected chi connectivity index (χ2v) is 7.21. The molecule has 26 heavy (non-hydrogen) atoms. The maximum Gasteiger partial charge on any atom is 0.326 e. The van der Waals surface area contributed by atoms with E-state index in [0.29, 0.717) is 10.3 Å². The number of amides is 1. The summed E-state index contributed by atoms with van der Waals surface area (Å²) in [5, 5.41) is 11.6. The van der Waals surface area contributed by atoms with Gasteiger partial charge >= 0.3 is 5.69 Å². The molecule has 2 aromatic heterocycles. The lowest BCUT2D eigenvalue weighted by Crippen LogP contribution is -2.20. The molecule has 0 radical (unpaired) electrons. The fourth-order valence-electron chi connectivity index (χ4n) is 2.11. The number of hydrogen-bond donors (Lipinski definition) is 3. The Balaban J connectivity index is 1.80. The van der Waals surface area contributed by atoms with Gasteiger partial charge in [-0.15, -0.1) is 23.1 Å². The molecule has 0 saturated heterocycles. The molecule has 3 aromatic rings. The first-order valence-electron chi connectivity index (χ1n) is 6.96. The summed E-state index contributed by atoms with van der Waals surface area (Å²) >= 11 is 1.92. The number of benzene rings is 1. The van der Waals surface area contributed by atoms with E-state index in [9.17, 15) is 28.4 Å². The summed E-state index contributed by atoms with van der Waals surface area (Å²) in [7, 11) is 0. The van der Waals surface area contributed by atoms with Crippen molar-refractivity contribution in [2.24, 2.45) is 0 Å². The van der Waals surface area contributed by atoms with Gasteiger partial charge in [0, 0.05) is 6.07 Å². The average Bonchev–Trinajstić information content (AvgIpc) is 2.93. The van der Waals surface area contributed by atoms with Crippen LogP contribution in [0.15, 0.2) is 32.0 Å². The fourth-order valence-corrected chi connectivity index (χ4v) is 4.23. The molecule has 1 aromatic carbocycles. The van der Waals surface area contributed by atoms with Gasteiger partial charge in [0.2, 0.25) is 5.91 Å². The van der Waals surface area contributed by atoms with E-state index in [4.69, 9.17) is 0 Å². The molecule has 7 nitrogen and oxygen atoms in total. The molecule has 0 spiro atoms. The number of aromatic amines is 2. The van der Waals surface area contributed by atoms with E-state index in [1.54, 1.807) is 0 Å². The van der Waals surface area contributed by atoms with Crippen molar-refractivity contribution >= 4 is 44.9 Å². The van der Waals surface area contributed by atoms with Crippen molar-refractivity contribution in [3.63, 3.8) is 0 Å². The van der Waals surface area contributed by atoms with Gasteiger partial charge < -0.3 is 10.3 Å². The summed E-state index contributed by atoms with van der Waals surface area (Å²) in [6.07, 6.45) is 0. The van der Waals surface area contributed by atoms with Crippen LogP contribution in [0.5, 0.6) is 0 Å². The number of carbonyl (C=O) groups excluding carboxylic acids is 1. The van der Waals surface area contributed by atoms with Gasteiger partial charge in [0.15, 0.2) is 0 Å². The fraction of sp³-hybridized carbons (Fsp3) is 0.0667. The number of nitriles is 1. The Hall–Kier alpha value is -2.97. The quantitative estimate of drug-likeness (QED) is 0.586. The van der Waals surface area contributed by atoms with Crippen molar-refractivity contribution in [1.82, 2.24) is 9.97 Å². The number of carbonyl (C=O) groups is 1. The van der Waals surface area contributed by atoms with Gasteiger partial charge in [-0.1, -0.05) is 0 Å². The van der Waals surface area contributed by atoms with Crippen molar-refractivity contribution < 1.29 is 13.6 Å². The Morgan fingerprint density at radius 1 is 1.31 bits per heavy atom. The zero-order chi connectivity index (χ0) is 18.8. The number of halogens is 2. The van der Waals surface area contributed by atoms with Crippen molar-refractivity contribution in [2.75, 3.05) is 11.1 Å². The van der Waals surface area contributed by atoms with E-state index in [1.807, 2.05) is 6.07 Å². The van der Waals surface area contributed by atoms with Gasteiger partial charge in [0.05, 0.1) is 21.2 Å². The summed E-state index contributed by atoms with van der Waals surface area (Å²) in [5.74, 6) is -2.44. The van der Waals surface area contributed by atoms with Crippen LogP contribution in [0.25, 0.3) is 10.2 Å². The normalized spacial score (nSPS) is 10.7. The second kappa shape index (κ2) is 7.11. The molecule has 0 fully saturated rings. The van der Waals surface area contributed by atoms with Gasteiger partial charge in [0.25, 0.3) is 5.56 Å². The lowest BCUT2D eigenvalue weighted by atomic mass is 10.3. The molecule has 3 N–H and O–H groups in total. The first kappa shape index (κ1) is 17.8. The van der Waals surface area contributed by atoms with Crippen LogP contribution in [0.1, 0.15) is 5.56 Å². The van der Waals surface area contributed by atoms with Crippen LogP contribution >= 0.6 is 23.1 Å². The predicted octanol–water partition coefficient (Wildman–Crippen LogP) is 2.16. The highest BCUT2D eigenvalue weighted by molar-refractivity contribution is 8.02. The molecule has 0 saturated carbocycles. The zero-order valence-electron chi connectivity index (χ0n) is 12.7. The molecule has 2 heterocycles. The maximum atomic E-state index is 13.5. The molecule has 132 valence electrons. The predicted molar refractivity (Wildman–Crippen MR) is 93.5 cm³/mol. The van der Waals surface area contributed by atoms with Crippen LogP contribution in [0, 0.1) is 23.0 Å². The SMILES string of the molecule is N#Cc1c(SCC(=O)Nc2ccc(F)cc2F)sc2c(=O)[nH]c(=O)[nH]c12. The minimum absolute atomic E-state index is 0.0824. The molecular formula is C15H8F2N4O3S2. The van der Waals surface area contributed by atoms with E-state index in [2.05, 4.69) is 15.3 Å². The Kier molecular flexibility index (Phi) is 4.88. The third kappa shape index (κ3) is 3.51. The highest BCUT2D eigenvalue weighted by atomic mass is 32.2. The lowest BCUT2D eigenvalue weighted by molar-refractivity contribution is -0.113. The molecule has 0 unspecified atom stereocenters. The smallest absolute Gasteiger partial charge is 0.323 e. The Morgan fingerprint density at radius 3 is 2.77 bits per heavy atom. The molecular weight excluding hydrogens is 386 g/mol. The molecule has 1 amide bonds. The Labute approximate surface area is 151 Å². The Morgan fingerprint density at radius 2 is 2.08 bits per heavy atom. The van der Waals surface area contributed by atoms with Crippen molar-refractivity contribution in [3.8, 4) is 6.07 Å². The third-order valence-corrected chi connectivity index (χ3v) is 5.66. The van der Waals surface area contributed by atoms with Gasteiger partial charge in [-0.3, -0.25) is 14.6 Å². The number of thiophene rings is 1. The van der Waals surface area contributed by atoms with E-state index >= 15 is 0 Å². The van der Waals surface area contributed by atoms with Gasteiger partial charge in [-0.05, 0) is 12.1 Å². The summed E-state index contributed by atoms with van der Waals surface area (Å²) in [6, 6.07) is 4.64. The third-order valence-electron chi connectivity index (χ3n) is 3.20. The lowest BCUT2D eigenvalue weighted by Gasteiger charge is -2.05. The number of hydrogen-bond acceptors (Lipinski definition) is 6. The van der Waals surface area contributed by atoms with Crippen LogP contribution in [0.3, 0.4) is 0 Å². The molecule has 0 bridgehead atoms. The average molecular weight is 394 g/mol. The van der Waals surface area contributed by atoms with Crippen LogP contribution < -0.4 is 16.6 Å². The van der Waals surface area contributed by atoms with Gasteiger partial charge in [-0.25, -0.2) is 13.6 Å². The van der Waals surface area contributed by atoms with Crippen LogP contribution in [-0.4, -0.2) is 21.6 Å². The summed E-state index contributed by atoms with van der Waals surface area (Å²) in [5.41, 5.74) is -1.35. The number of aromatic nitrogens is 2. The van der Waals surface area contributed by atoms with Gasteiger partial charge in [-0.2, -0.15) is 5.26 Å². The number of fused-ring (bicyclic) bond motifs is 1. The maximum absolute atomic E-state index is 13.5. The van der Waals surface area contributed by atoms with Gasteiger partial charge in [0.1, 0.15) is 28.0 Å². The van der Waals surface area contributed by atoms with Crippen molar-refractivity contribution in [3.05, 3.63) is 56.2 Å². The minimum atomic E-state index is -0.910. The standard InChI is InChI=1S/C15H8F2N4O3S2/c16-6-1-2-9(8(17)3-6)19-10(22)5-25-14-7(4-18)11-12(26-14)13(23)21-15(24)20-11/h1-3H,5H2,(H,19,22)(H2,20,21,23,24). The van der Waals surface area contributed by atoms with Crippen LogP contribution in [0.4, 0.5) is 14.5 Å². The number of rotatable bonds is 4. The van der Waals surface area contributed by atoms with E-state index in [0.717, 1.165) is 35.2 Å². The Bertz CT molecular complexity index is 1180. The molecule has 0 aliphatic heterocycles. The number of nitrogens with one attached hydrogen (secondary N) is 3. The van der Waals surface area contributed by atoms with Crippen LogP contribution in [0.2, 0.25) is 0 Å². The number of thioether (sulfide) groups is 1. The summed E-state index contributed by atoms with van der Waals surface area (Å²) in [4.78, 5) is 39.6. The monoisotopic (exact) mass is 394 g/mol. The minimum Gasteiger partial charge on any atom is -0.323 e. The van der Waals surface area contributed by atoms with E-state index in [1.165, 1.54) is 0 Å². The molecule has 0 aliphatic carbocycles. The van der Waals surface area contributed by atoms with Crippen LogP contribution in [-0.2, 0) is 4.79 Å². The molecule has 0 aliphatic rings. The largest absolute Gasteiger partial charge is 0.326 e. The highest BCUT2D eigenvalue weighted by Crippen LogP contribution is 2.34. The first-order valence-corrected chi connectivity index (χ1v) is 8.76. The van der Waals surface area contributed by atoms with E-state index < -0.39 is 28.8 Å². The van der Waals surface area contributed by atoms with Crippen molar-refractivity contribution in [1.29, 1.82) is 5.26 Å². The zero-order valence-corrected chi connectivity index (χ0v) is 14.3. The number of H-pyrrole nitrogens is 2. The highest BCUT2D eigenvalue weighted by Gasteiger charge is 2.17. The molecule has 3 rings (SSSR count). The number of nitrogens with zero attached hydrogens (tertiary/aromatic N) is 1. The van der Waals surface area contributed by atoms with Crippen molar-refractivity contribution in [2.45, 2.75) is 4.21 Å². The summed E-state index contributed by atoms with van der Waals surface area (Å²) < 4.78 is 26.9.